The second-order valence-electron chi connectivity index (χ2n) is 7.50. The molecule has 1 spiro atoms. The summed E-state index contributed by atoms with van der Waals surface area (Å²) in [6.45, 7) is 2.33. The van der Waals surface area contributed by atoms with Crippen LogP contribution in [0.1, 0.15) is 54.9 Å². The standard InChI is InChI=1S/C20H24N4O6/c1-12-7-6-8-14(16(12)21-13(2)25)17(27)30-11-15(26)23-24-18(28)20(22-19(24)29)9-4-3-5-10-20/h6-8H,3-5,9-11H2,1-2H3,(H,21,25)(H,22,29)(H,23,26). The van der Waals surface area contributed by atoms with Crippen molar-refractivity contribution in [3.05, 3.63) is 29.3 Å². The van der Waals surface area contributed by atoms with Crippen molar-refractivity contribution < 1.29 is 28.7 Å². The number of hydrogen-bond acceptors (Lipinski definition) is 6. The average Bonchev–Trinajstić information content (AvgIpc) is 2.92. The third kappa shape index (κ3) is 4.27. The Kier molecular flexibility index (Phi) is 6.04. The number of ether oxygens (including phenoxy) is 1. The van der Waals surface area contributed by atoms with Gasteiger partial charge in [0, 0.05) is 6.92 Å². The van der Waals surface area contributed by atoms with Gasteiger partial charge in [0.15, 0.2) is 6.61 Å². The molecule has 1 heterocycles. The number of para-hydroxylation sites is 1. The zero-order chi connectivity index (χ0) is 21.9. The van der Waals surface area contributed by atoms with Crippen molar-refractivity contribution in [2.75, 3.05) is 11.9 Å². The number of urea groups is 1. The number of nitrogens with zero attached hydrogens (tertiary/aromatic N) is 1. The monoisotopic (exact) mass is 416 g/mol. The van der Waals surface area contributed by atoms with Crippen LogP contribution in [0.2, 0.25) is 0 Å². The lowest BCUT2D eigenvalue weighted by atomic mass is 9.82. The summed E-state index contributed by atoms with van der Waals surface area (Å²) in [5, 5.41) is 5.89. The SMILES string of the molecule is CC(=O)Nc1c(C)cccc1C(=O)OCC(=O)NN1C(=O)NC2(CCCCC2)C1=O. The first-order valence-corrected chi connectivity index (χ1v) is 9.74. The summed E-state index contributed by atoms with van der Waals surface area (Å²) >= 11 is 0. The van der Waals surface area contributed by atoms with Crippen molar-refractivity contribution in [2.24, 2.45) is 0 Å². The Morgan fingerprint density at radius 1 is 1.17 bits per heavy atom. The fraction of sp³-hybridized carbons (Fsp3) is 0.450. The molecule has 10 heteroatoms. The topological polar surface area (TPSA) is 134 Å². The number of carbonyl (C=O) groups excluding carboxylic acids is 5. The summed E-state index contributed by atoms with van der Waals surface area (Å²) in [5.41, 5.74) is 2.28. The normalized spacial score (nSPS) is 17.5. The number of nitrogens with one attached hydrogen (secondary N) is 3. The van der Waals surface area contributed by atoms with Crippen LogP contribution in [0.4, 0.5) is 10.5 Å². The quantitative estimate of drug-likeness (QED) is 0.491. The van der Waals surface area contributed by atoms with Crippen LogP contribution < -0.4 is 16.1 Å². The lowest BCUT2D eigenvalue weighted by Crippen LogP contribution is -2.51. The third-order valence-electron chi connectivity index (χ3n) is 5.23. The first-order valence-electron chi connectivity index (χ1n) is 9.74. The van der Waals surface area contributed by atoms with E-state index < -0.39 is 36.0 Å². The van der Waals surface area contributed by atoms with E-state index in [1.807, 2.05) is 0 Å². The molecule has 1 aliphatic heterocycles. The molecule has 0 unspecified atom stereocenters. The Balaban J connectivity index is 1.61. The average molecular weight is 416 g/mol. The summed E-state index contributed by atoms with van der Waals surface area (Å²) in [7, 11) is 0. The molecule has 1 aromatic carbocycles. The van der Waals surface area contributed by atoms with Gasteiger partial charge in [-0.1, -0.05) is 31.4 Å². The summed E-state index contributed by atoms with van der Waals surface area (Å²) < 4.78 is 5.01. The number of benzene rings is 1. The second-order valence-corrected chi connectivity index (χ2v) is 7.50. The highest BCUT2D eigenvalue weighted by molar-refractivity contribution is 6.08. The van der Waals surface area contributed by atoms with Crippen LogP contribution in [-0.2, 0) is 19.1 Å². The molecule has 0 radical (unpaired) electrons. The smallest absolute Gasteiger partial charge is 0.344 e. The number of rotatable bonds is 5. The van der Waals surface area contributed by atoms with E-state index >= 15 is 0 Å². The summed E-state index contributed by atoms with van der Waals surface area (Å²) in [6, 6.07) is 4.10. The fourth-order valence-electron chi connectivity index (χ4n) is 3.76. The molecule has 10 nitrogen and oxygen atoms in total. The number of hydrogen-bond donors (Lipinski definition) is 3. The van der Waals surface area contributed by atoms with Crippen molar-refractivity contribution in [3.63, 3.8) is 0 Å². The van der Waals surface area contributed by atoms with Gasteiger partial charge in [-0.25, -0.2) is 9.59 Å². The number of aryl methyl sites for hydroxylation is 1. The molecular weight excluding hydrogens is 392 g/mol. The van der Waals surface area contributed by atoms with E-state index in [1.165, 1.54) is 13.0 Å². The summed E-state index contributed by atoms with van der Waals surface area (Å²) in [4.78, 5) is 60.8. The second kappa shape index (κ2) is 8.52. The van der Waals surface area contributed by atoms with E-state index in [1.54, 1.807) is 19.1 Å². The van der Waals surface area contributed by atoms with Gasteiger partial charge >= 0.3 is 12.0 Å². The summed E-state index contributed by atoms with van der Waals surface area (Å²) in [6.07, 6.45) is 3.68. The highest BCUT2D eigenvalue weighted by atomic mass is 16.5. The van der Waals surface area contributed by atoms with Gasteiger partial charge in [0.2, 0.25) is 5.91 Å². The molecule has 5 amide bonds. The van der Waals surface area contributed by atoms with Crippen LogP contribution in [0.15, 0.2) is 18.2 Å². The highest BCUT2D eigenvalue weighted by Crippen LogP contribution is 2.33. The van der Waals surface area contributed by atoms with E-state index in [2.05, 4.69) is 16.1 Å². The molecule has 30 heavy (non-hydrogen) atoms. The van der Waals surface area contributed by atoms with Crippen LogP contribution in [0.25, 0.3) is 0 Å². The largest absolute Gasteiger partial charge is 0.452 e. The van der Waals surface area contributed by atoms with Gasteiger partial charge in [0.1, 0.15) is 5.54 Å². The van der Waals surface area contributed by atoms with Crippen molar-refractivity contribution in [1.82, 2.24) is 15.8 Å². The number of imide groups is 1. The highest BCUT2D eigenvalue weighted by Gasteiger charge is 2.52. The molecular formula is C20H24N4O6. The molecule has 1 saturated heterocycles. The van der Waals surface area contributed by atoms with E-state index in [9.17, 15) is 24.0 Å². The van der Waals surface area contributed by atoms with Crippen LogP contribution in [0.3, 0.4) is 0 Å². The van der Waals surface area contributed by atoms with E-state index in [4.69, 9.17) is 4.74 Å². The van der Waals surface area contributed by atoms with Gasteiger partial charge in [-0.2, -0.15) is 5.01 Å². The Labute approximate surface area is 173 Å². The number of carbonyl (C=O) groups is 5. The summed E-state index contributed by atoms with van der Waals surface area (Å²) in [5.74, 6) is -2.50. The molecule has 2 aliphatic rings. The molecule has 3 rings (SSSR count). The molecule has 1 saturated carbocycles. The first kappa shape index (κ1) is 21.3. The fourth-order valence-corrected chi connectivity index (χ4v) is 3.76. The van der Waals surface area contributed by atoms with Crippen molar-refractivity contribution in [3.8, 4) is 0 Å². The number of esters is 1. The van der Waals surface area contributed by atoms with E-state index in [0.29, 0.717) is 29.1 Å². The number of amides is 5. The molecule has 1 aliphatic carbocycles. The van der Waals surface area contributed by atoms with E-state index in [0.717, 1.165) is 19.3 Å². The molecule has 0 bridgehead atoms. The number of hydrazine groups is 1. The molecule has 1 aromatic rings. The number of anilines is 1. The zero-order valence-corrected chi connectivity index (χ0v) is 16.9. The Hall–Kier alpha value is -3.43. The Bertz CT molecular complexity index is 907. The predicted octanol–water partition coefficient (Wildman–Crippen LogP) is 1.40. The minimum Gasteiger partial charge on any atom is -0.452 e. The van der Waals surface area contributed by atoms with Gasteiger partial charge in [0.25, 0.3) is 11.8 Å². The van der Waals surface area contributed by atoms with Crippen molar-refractivity contribution in [1.29, 1.82) is 0 Å². The maximum atomic E-state index is 12.7. The van der Waals surface area contributed by atoms with Crippen LogP contribution in [-0.4, -0.2) is 46.9 Å². The molecule has 3 N–H and O–H groups in total. The molecule has 0 atom stereocenters. The lowest BCUT2D eigenvalue weighted by Gasteiger charge is -2.30. The van der Waals surface area contributed by atoms with Crippen LogP contribution >= 0.6 is 0 Å². The van der Waals surface area contributed by atoms with E-state index in [-0.39, 0.29) is 11.5 Å². The Morgan fingerprint density at radius 2 is 1.87 bits per heavy atom. The van der Waals surface area contributed by atoms with Gasteiger partial charge in [0.05, 0.1) is 11.3 Å². The predicted molar refractivity (Wildman–Crippen MR) is 105 cm³/mol. The van der Waals surface area contributed by atoms with Gasteiger partial charge in [-0.05, 0) is 31.4 Å². The minimum atomic E-state index is -0.964. The maximum Gasteiger partial charge on any atom is 0.344 e. The van der Waals surface area contributed by atoms with Gasteiger partial charge in [-0.3, -0.25) is 19.8 Å². The lowest BCUT2D eigenvalue weighted by molar-refractivity contribution is -0.140. The molecule has 2 fully saturated rings. The van der Waals surface area contributed by atoms with Crippen LogP contribution in [0.5, 0.6) is 0 Å². The third-order valence-corrected chi connectivity index (χ3v) is 5.23. The maximum absolute atomic E-state index is 12.7. The minimum absolute atomic E-state index is 0.0918. The van der Waals surface area contributed by atoms with Gasteiger partial charge < -0.3 is 15.4 Å². The molecule has 160 valence electrons. The van der Waals surface area contributed by atoms with Crippen molar-refractivity contribution in [2.45, 2.75) is 51.5 Å². The zero-order valence-electron chi connectivity index (χ0n) is 16.9. The van der Waals surface area contributed by atoms with Crippen LogP contribution in [0, 0.1) is 6.92 Å². The Morgan fingerprint density at radius 3 is 2.53 bits per heavy atom. The first-order chi connectivity index (χ1) is 14.2. The van der Waals surface area contributed by atoms with Crippen molar-refractivity contribution >= 4 is 35.4 Å². The van der Waals surface area contributed by atoms with Gasteiger partial charge in [-0.15, -0.1) is 0 Å². The molecule has 0 aromatic heterocycles.